The van der Waals surface area contributed by atoms with Crippen LogP contribution < -0.4 is 5.73 Å². The fourth-order valence-electron chi connectivity index (χ4n) is 2.89. The molecule has 0 spiro atoms. The number of hydrogen-bond donors (Lipinski definition) is 1. The molecule has 2 atom stereocenters. The smallest absolute Gasteiger partial charge is 0.126 e. The first-order chi connectivity index (χ1) is 9.45. The lowest BCUT2D eigenvalue weighted by atomic mass is 9.95. The molecule has 20 heavy (non-hydrogen) atoms. The second kappa shape index (κ2) is 6.64. The van der Waals surface area contributed by atoms with Crippen molar-refractivity contribution in [3.8, 4) is 0 Å². The number of likely N-dealkylation sites (tertiary alicyclic amines) is 1. The van der Waals surface area contributed by atoms with Crippen LogP contribution in [0.25, 0.3) is 0 Å². The lowest BCUT2D eigenvalue weighted by Gasteiger charge is -2.20. The first-order valence-electron chi connectivity index (χ1n) is 7.39. The van der Waals surface area contributed by atoms with Gasteiger partial charge in [0.05, 0.1) is 0 Å². The Balaban J connectivity index is 1.85. The Kier molecular flexibility index (Phi) is 5.11. The molecule has 0 aliphatic carbocycles. The molecule has 4 heteroatoms. The van der Waals surface area contributed by atoms with Crippen molar-refractivity contribution in [2.45, 2.75) is 32.7 Å². The number of rotatable bonds is 5. The summed E-state index contributed by atoms with van der Waals surface area (Å²) in [5.74, 6) is 0.358. The SMILES string of the molecule is CC(C)C1CCN(CCC(N)c2cc(F)cc(F)c2)C1. The molecule has 0 radical (unpaired) electrons. The van der Waals surface area contributed by atoms with Crippen molar-refractivity contribution in [1.82, 2.24) is 4.90 Å². The van der Waals surface area contributed by atoms with Crippen LogP contribution in [0.15, 0.2) is 18.2 Å². The summed E-state index contributed by atoms with van der Waals surface area (Å²) >= 11 is 0. The number of benzene rings is 1. The predicted octanol–water partition coefficient (Wildman–Crippen LogP) is 3.33. The van der Waals surface area contributed by atoms with Crippen LogP contribution in [0.2, 0.25) is 0 Å². The summed E-state index contributed by atoms with van der Waals surface area (Å²) in [5.41, 5.74) is 6.59. The maximum Gasteiger partial charge on any atom is 0.126 e. The molecule has 0 bridgehead atoms. The lowest BCUT2D eigenvalue weighted by molar-refractivity contribution is 0.292. The lowest BCUT2D eigenvalue weighted by Crippen LogP contribution is -2.26. The summed E-state index contributed by atoms with van der Waals surface area (Å²) in [6.07, 6.45) is 1.97. The Morgan fingerprint density at radius 1 is 1.25 bits per heavy atom. The van der Waals surface area contributed by atoms with Crippen LogP contribution in [0.3, 0.4) is 0 Å². The van der Waals surface area contributed by atoms with E-state index in [9.17, 15) is 8.78 Å². The molecule has 0 aromatic heterocycles. The molecule has 1 aromatic rings. The quantitative estimate of drug-likeness (QED) is 0.897. The maximum absolute atomic E-state index is 13.2. The molecule has 0 saturated carbocycles. The molecule has 0 amide bonds. The Hall–Kier alpha value is -1.00. The highest BCUT2D eigenvalue weighted by Crippen LogP contribution is 2.25. The van der Waals surface area contributed by atoms with Crippen LogP contribution in [0.4, 0.5) is 8.78 Å². The van der Waals surface area contributed by atoms with Crippen molar-refractivity contribution >= 4 is 0 Å². The molecule has 2 unspecified atom stereocenters. The summed E-state index contributed by atoms with van der Waals surface area (Å²) in [4.78, 5) is 2.40. The minimum absolute atomic E-state index is 0.307. The standard InChI is InChI=1S/C16H24F2N2/c1-11(2)12-3-5-20(10-12)6-4-16(19)13-7-14(17)9-15(18)8-13/h7-9,11-12,16H,3-6,10,19H2,1-2H3. The van der Waals surface area contributed by atoms with Gasteiger partial charge >= 0.3 is 0 Å². The summed E-state index contributed by atoms with van der Waals surface area (Å²) < 4.78 is 26.3. The molecule has 1 heterocycles. The maximum atomic E-state index is 13.2. The van der Waals surface area contributed by atoms with Gasteiger partial charge in [-0.3, -0.25) is 0 Å². The normalized spacial score (nSPS) is 21.6. The molecule has 2 rings (SSSR count). The van der Waals surface area contributed by atoms with E-state index in [1.165, 1.54) is 18.6 Å². The summed E-state index contributed by atoms with van der Waals surface area (Å²) in [6, 6.07) is 3.23. The van der Waals surface area contributed by atoms with Gasteiger partial charge in [0.25, 0.3) is 0 Å². The van der Waals surface area contributed by atoms with E-state index >= 15 is 0 Å². The Bertz CT molecular complexity index is 428. The second-order valence-corrected chi connectivity index (χ2v) is 6.19. The monoisotopic (exact) mass is 282 g/mol. The van der Waals surface area contributed by atoms with Crippen LogP contribution >= 0.6 is 0 Å². The fourth-order valence-corrected chi connectivity index (χ4v) is 2.89. The van der Waals surface area contributed by atoms with Gasteiger partial charge in [-0.05, 0) is 55.5 Å². The van der Waals surface area contributed by atoms with Crippen molar-refractivity contribution in [2.24, 2.45) is 17.6 Å². The van der Waals surface area contributed by atoms with Crippen molar-refractivity contribution in [3.05, 3.63) is 35.4 Å². The average molecular weight is 282 g/mol. The molecular weight excluding hydrogens is 258 g/mol. The molecule has 2 nitrogen and oxygen atoms in total. The van der Waals surface area contributed by atoms with Gasteiger partial charge < -0.3 is 10.6 Å². The number of hydrogen-bond acceptors (Lipinski definition) is 2. The zero-order valence-electron chi connectivity index (χ0n) is 12.3. The van der Waals surface area contributed by atoms with Crippen LogP contribution in [-0.2, 0) is 0 Å². The van der Waals surface area contributed by atoms with Crippen molar-refractivity contribution in [3.63, 3.8) is 0 Å². The Labute approximate surface area is 120 Å². The topological polar surface area (TPSA) is 29.3 Å². The van der Waals surface area contributed by atoms with Crippen LogP contribution in [0.1, 0.15) is 38.3 Å². The highest BCUT2D eigenvalue weighted by Gasteiger charge is 2.24. The molecular formula is C16H24F2N2. The van der Waals surface area contributed by atoms with Crippen molar-refractivity contribution < 1.29 is 8.78 Å². The third-order valence-electron chi connectivity index (χ3n) is 4.32. The van der Waals surface area contributed by atoms with Gasteiger partial charge in [0, 0.05) is 18.7 Å². The number of nitrogens with zero attached hydrogens (tertiary/aromatic N) is 1. The molecule has 1 aliphatic heterocycles. The van der Waals surface area contributed by atoms with Gasteiger partial charge in [0.15, 0.2) is 0 Å². The van der Waals surface area contributed by atoms with E-state index < -0.39 is 11.6 Å². The van der Waals surface area contributed by atoms with E-state index in [2.05, 4.69) is 18.7 Å². The predicted molar refractivity (Wildman–Crippen MR) is 77.3 cm³/mol. The van der Waals surface area contributed by atoms with Crippen LogP contribution in [-0.4, -0.2) is 24.5 Å². The van der Waals surface area contributed by atoms with Gasteiger partial charge in [-0.1, -0.05) is 13.8 Å². The molecule has 2 N–H and O–H groups in total. The van der Waals surface area contributed by atoms with E-state index in [0.29, 0.717) is 11.5 Å². The minimum atomic E-state index is -0.559. The third-order valence-corrected chi connectivity index (χ3v) is 4.32. The molecule has 1 aromatic carbocycles. The van der Waals surface area contributed by atoms with E-state index in [0.717, 1.165) is 38.0 Å². The van der Waals surface area contributed by atoms with Crippen LogP contribution in [0.5, 0.6) is 0 Å². The van der Waals surface area contributed by atoms with E-state index in [1.807, 2.05) is 0 Å². The Morgan fingerprint density at radius 3 is 2.45 bits per heavy atom. The van der Waals surface area contributed by atoms with Gasteiger partial charge in [0.2, 0.25) is 0 Å². The molecule has 112 valence electrons. The van der Waals surface area contributed by atoms with Crippen molar-refractivity contribution in [1.29, 1.82) is 0 Å². The van der Waals surface area contributed by atoms with Crippen molar-refractivity contribution in [2.75, 3.05) is 19.6 Å². The first-order valence-corrected chi connectivity index (χ1v) is 7.39. The van der Waals surface area contributed by atoms with Crippen LogP contribution in [0, 0.1) is 23.5 Å². The van der Waals surface area contributed by atoms with E-state index in [-0.39, 0.29) is 6.04 Å². The zero-order chi connectivity index (χ0) is 14.7. The summed E-state index contributed by atoms with van der Waals surface area (Å²) in [5, 5.41) is 0. The fraction of sp³-hybridized carbons (Fsp3) is 0.625. The third kappa shape index (κ3) is 4.00. The second-order valence-electron chi connectivity index (χ2n) is 6.19. The van der Waals surface area contributed by atoms with Gasteiger partial charge in [0.1, 0.15) is 11.6 Å². The zero-order valence-corrected chi connectivity index (χ0v) is 12.3. The minimum Gasteiger partial charge on any atom is -0.324 e. The first kappa shape index (κ1) is 15.4. The van der Waals surface area contributed by atoms with Gasteiger partial charge in [-0.2, -0.15) is 0 Å². The highest BCUT2D eigenvalue weighted by molar-refractivity contribution is 5.21. The van der Waals surface area contributed by atoms with E-state index in [1.54, 1.807) is 0 Å². The largest absolute Gasteiger partial charge is 0.324 e. The Morgan fingerprint density at radius 2 is 1.90 bits per heavy atom. The number of halogens is 2. The van der Waals surface area contributed by atoms with E-state index in [4.69, 9.17) is 5.73 Å². The van der Waals surface area contributed by atoms with Gasteiger partial charge in [-0.25, -0.2) is 8.78 Å². The molecule has 1 aliphatic rings. The molecule has 1 saturated heterocycles. The molecule has 1 fully saturated rings. The number of nitrogens with two attached hydrogens (primary N) is 1. The van der Waals surface area contributed by atoms with Gasteiger partial charge in [-0.15, -0.1) is 0 Å². The summed E-state index contributed by atoms with van der Waals surface area (Å²) in [6.45, 7) is 7.63. The average Bonchev–Trinajstić information content (AvgIpc) is 2.83. The summed E-state index contributed by atoms with van der Waals surface area (Å²) in [7, 11) is 0. The highest BCUT2D eigenvalue weighted by atomic mass is 19.1.